The quantitative estimate of drug-likeness (QED) is 0.628. The second-order valence-corrected chi connectivity index (χ2v) is 6.86. The van der Waals surface area contributed by atoms with Crippen molar-refractivity contribution in [1.29, 1.82) is 0 Å². The van der Waals surface area contributed by atoms with Gasteiger partial charge in [-0.15, -0.1) is 0 Å². The van der Waals surface area contributed by atoms with Gasteiger partial charge in [0, 0.05) is 6.54 Å². The van der Waals surface area contributed by atoms with Gasteiger partial charge >= 0.3 is 12.1 Å². The zero-order valence-electron chi connectivity index (χ0n) is 13.3. The summed E-state index contributed by atoms with van der Waals surface area (Å²) in [6.45, 7) is -0.465. The first-order chi connectivity index (χ1) is 12.1. The molecule has 0 aliphatic rings. The van der Waals surface area contributed by atoms with Gasteiger partial charge in [-0.05, 0) is 29.8 Å². The average molecular weight is 391 g/mol. The Bertz CT molecular complexity index is 926. The normalized spacial score (nSPS) is 12.0. The topological polar surface area (TPSA) is 72.5 Å². The third-order valence-electron chi connectivity index (χ3n) is 3.39. The van der Waals surface area contributed by atoms with Crippen LogP contribution in [0.2, 0.25) is 0 Å². The van der Waals surface area contributed by atoms with Crippen molar-refractivity contribution in [2.75, 3.05) is 7.11 Å². The zero-order chi connectivity index (χ0) is 19.5. The molecular weight excluding hydrogens is 378 g/mol. The lowest BCUT2D eigenvalue weighted by molar-refractivity contribution is -0.140. The van der Waals surface area contributed by atoms with Gasteiger partial charge in [-0.25, -0.2) is 22.3 Å². The fourth-order valence-corrected chi connectivity index (χ4v) is 3.34. The molecule has 2 rings (SSSR count). The number of ether oxygens (including phenoxy) is 1. The average Bonchev–Trinajstić information content (AvgIpc) is 2.58. The van der Waals surface area contributed by atoms with Crippen LogP contribution in [-0.2, 0) is 27.5 Å². The molecular formula is C16H13F4NO4S. The molecule has 0 radical (unpaired) electrons. The molecule has 0 saturated heterocycles. The molecule has 0 amide bonds. The Labute approximate surface area is 146 Å². The van der Waals surface area contributed by atoms with Crippen LogP contribution in [0.3, 0.4) is 0 Å². The van der Waals surface area contributed by atoms with Gasteiger partial charge < -0.3 is 4.74 Å². The Morgan fingerprint density at radius 2 is 1.81 bits per heavy atom. The molecule has 26 heavy (non-hydrogen) atoms. The van der Waals surface area contributed by atoms with Gasteiger partial charge in [0.15, 0.2) is 0 Å². The molecule has 2 aromatic carbocycles. The van der Waals surface area contributed by atoms with Crippen LogP contribution in [0.4, 0.5) is 17.6 Å². The SMILES string of the molecule is COC(=O)c1ccccc1S(=O)(=O)NCc1ccc(C(F)(F)F)c(F)c1. The predicted octanol–water partition coefficient (Wildman–Crippen LogP) is 3.11. The largest absolute Gasteiger partial charge is 0.465 e. The number of methoxy groups -OCH3 is 1. The van der Waals surface area contributed by atoms with Gasteiger partial charge in [0.1, 0.15) is 5.82 Å². The highest BCUT2D eigenvalue weighted by molar-refractivity contribution is 7.89. The van der Waals surface area contributed by atoms with E-state index in [0.717, 1.165) is 13.2 Å². The number of carbonyl (C=O) groups excluding carboxylic acids is 1. The van der Waals surface area contributed by atoms with Crippen molar-refractivity contribution >= 4 is 16.0 Å². The van der Waals surface area contributed by atoms with Crippen molar-refractivity contribution in [1.82, 2.24) is 4.72 Å². The van der Waals surface area contributed by atoms with Crippen molar-refractivity contribution in [3.05, 3.63) is 65.0 Å². The van der Waals surface area contributed by atoms with E-state index in [9.17, 15) is 30.8 Å². The molecule has 0 atom stereocenters. The van der Waals surface area contributed by atoms with Crippen molar-refractivity contribution in [3.8, 4) is 0 Å². The Balaban J connectivity index is 2.25. The lowest BCUT2D eigenvalue weighted by Gasteiger charge is -2.12. The summed E-state index contributed by atoms with van der Waals surface area (Å²) < 4.78 is 82.5. The van der Waals surface area contributed by atoms with Gasteiger partial charge in [0.05, 0.1) is 23.1 Å². The van der Waals surface area contributed by atoms with Crippen LogP contribution in [0.5, 0.6) is 0 Å². The van der Waals surface area contributed by atoms with Crippen molar-refractivity contribution in [2.24, 2.45) is 0 Å². The van der Waals surface area contributed by atoms with E-state index in [4.69, 9.17) is 0 Å². The fourth-order valence-electron chi connectivity index (χ4n) is 2.13. The monoisotopic (exact) mass is 391 g/mol. The summed E-state index contributed by atoms with van der Waals surface area (Å²) in [5, 5.41) is 0. The first-order valence-electron chi connectivity index (χ1n) is 7.09. The molecule has 0 fully saturated rings. The van der Waals surface area contributed by atoms with E-state index in [0.29, 0.717) is 12.1 Å². The van der Waals surface area contributed by atoms with Crippen molar-refractivity contribution < 1.29 is 35.5 Å². The third-order valence-corrected chi connectivity index (χ3v) is 4.85. The number of alkyl halides is 3. The van der Waals surface area contributed by atoms with Crippen LogP contribution < -0.4 is 4.72 Å². The van der Waals surface area contributed by atoms with E-state index in [2.05, 4.69) is 9.46 Å². The number of carbonyl (C=O) groups is 1. The molecule has 0 aliphatic carbocycles. The maximum atomic E-state index is 13.5. The summed E-state index contributed by atoms with van der Waals surface area (Å²) in [7, 11) is -3.10. The van der Waals surface area contributed by atoms with E-state index in [-0.39, 0.29) is 16.0 Å². The Hall–Kier alpha value is -2.46. The third kappa shape index (κ3) is 4.38. The summed E-state index contributed by atoms with van der Waals surface area (Å²) in [5.41, 5.74) is -1.67. The van der Waals surface area contributed by atoms with Gasteiger partial charge in [-0.2, -0.15) is 13.2 Å². The maximum Gasteiger partial charge on any atom is 0.419 e. The molecule has 5 nitrogen and oxygen atoms in total. The van der Waals surface area contributed by atoms with E-state index in [1.165, 1.54) is 24.3 Å². The summed E-state index contributed by atoms with van der Waals surface area (Å²) in [6.07, 6.45) is -4.85. The first kappa shape index (κ1) is 19.9. The number of halogens is 4. The fraction of sp³-hybridized carbons (Fsp3) is 0.188. The van der Waals surface area contributed by atoms with E-state index < -0.39 is 40.1 Å². The molecule has 1 N–H and O–H groups in total. The van der Waals surface area contributed by atoms with Crippen LogP contribution in [0, 0.1) is 5.82 Å². The highest BCUT2D eigenvalue weighted by atomic mass is 32.2. The van der Waals surface area contributed by atoms with Crippen LogP contribution in [0.25, 0.3) is 0 Å². The van der Waals surface area contributed by atoms with Crippen LogP contribution in [0.1, 0.15) is 21.5 Å². The summed E-state index contributed by atoms with van der Waals surface area (Å²) >= 11 is 0. The Morgan fingerprint density at radius 1 is 1.15 bits per heavy atom. The number of hydrogen-bond donors (Lipinski definition) is 1. The van der Waals surface area contributed by atoms with Gasteiger partial charge in [-0.3, -0.25) is 0 Å². The van der Waals surface area contributed by atoms with Crippen LogP contribution >= 0.6 is 0 Å². The van der Waals surface area contributed by atoms with Gasteiger partial charge in [0.25, 0.3) is 0 Å². The lowest BCUT2D eigenvalue weighted by atomic mass is 10.1. The second kappa shape index (κ2) is 7.42. The lowest BCUT2D eigenvalue weighted by Crippen LogP contribution is -2.25. The highest BCUT2D eigenvalue weighted by Crippen LogP contribution is 2.31. The highest BCUT2D eigenvalue weighted by Gasteiger charge is 2.34. The standard InChI is InChI=1S/C16H13F4NO4S/c1-25-15(22)11-4-2-3-5-14(11)26(23,24)21-9-10-6-7-12(13(17)8-10)16(18,19)20/h2-8,21H,9H2,1H3. The molecule has 2 aromatic rings. The molecule has 140 valence electrons. The second-order valence-electron chi connectivity index (χ2n) is 5.12. The Morgan fingerprint density at radius 3 is 2.38 bits per heavy atom. The smallest absolute Gasteiger partial charge is 0.419 e. The molecule has 10 heteroatoms. The first-order valence-corrected chi connectivity index (χ1v) is 8.57. The van der Waals surface area contributed by atoms with Crippen LogP contribution in [-0.4, -0.2) is 21.5 Å². The zero-order valence-corrected chi connectivity index (χ0v) is 14.1. The number of esters is 1. The summed E-state index contributed by atoms with van der Waals surface area (Å²) in [6, 6.07) is 7.33. The van der Waals surface area contributed by atoms with E-state index >= 15 is 0 Å². The number of sulfonamides is 1. The minimum Gasteiger partial charge on any atom is -0.465 e. The summed E-state index contributed by atoms with van der Waals surface area (Å²) in [4.78, 5) is 11.3. The number of nitrogens with one attached hydrogen (secondary N) is 1. The molecule has 0 spiro atoms. The molecule has 0 saturated carbocycles. The van der Waals surface area contributed by atoms with Gasteiger partial charge in [0.2, 0.25) is 10.0 Å². The Kier molecular flexibility index (Phi) is 5.67. The molecule has 0 bridgehead atoms. The minimum absolute atomic E-state index is 0.0189. The maximum absolute atomic E-state index is 13.5. The predicted molar refractivity (Wildman–Crippen MR) is 83.2 cm³/mol. The van der Waals surface area contributed by atoms with Crippen LogP contribution in [0.15, 0.2) is 47.4 Å². The van der Waals surface area contributed by atoms with Gasteiger partial charge in [-0.1, -0.05) is 18.2 Å². The molecule has 0 unspecified atom stereocenters. The van der Waals surface area contributed by atoms with Crippen molar-refractivity contribution in [2.45, 2.75) is 17.6 Å². The number of benzene rings is 2. The number of hydrogen-bond acceptors (Lipinski definition) is 4. The molecule has 0 heterocycles. The van der Waals surface area contributed by atoms with Crippen molar-refractivity contribution in [3.63, 3.8) is 0 Å². The summed E-state index contributed by atoms with van der Waals surface area (Å²) in [5.74, 6) is -2.38. The molecule has 0 aliphatic heterocycles. The van der Waals surface area contributed by atoms with E-state index in [1.807, 2.05) is 0 Å². The minimum atomic E-state index is -4.85. The van der Waals surface area contributed by atoms with E-state index in [1.54, 1.807) is 0 Å². The molecule has 0 aromatic heterocycles. The number of rotatable bonds is 5.